The molecule has 0 bridgehead atoms. The van der Waals surface area contributed by atoms with E-state index in [9.17, 15) is 29.1 Å². The maximum Gasteiger partial charge on any atom is 0.305 e. The van der Waals surface area contributed by atoms with Crippen LogP contribution in [0.3, 0.4) is 0 Å². The Morgan fingerprint density at radius 1 is 0.435 bits per heavy atom. The van der Waals surface area contributed by atoms with Gasteiger partial charge in [-0.15, -0.1) is 0 Å². The summed E-state index contributed by atoms with van der Waals surface area (Å²) in [6.45, 7) is 8.39. The highest BCUT2D eigenvalue weighted by atomic mass is 16.6. The topological polar surface area (TPSA) is 155 Å². The van der Waals surface area contributed by atoms with Crippen molar-refractivity contribution in [3.05, 3.63) is 0 Å². The minimum absolute atomic E-state index is 0.0196. The van der Waals surface area contributed by atoms with Gasteiger partial charge in [0.25, 0.3) is 0 Å². The third kappa shape index (κ3) is 33.8. The number of nitrogens with zero attached hydrogens (tertiary/aromatic N) is 1. The molecule has 1 aliphatic carbocycles. The van der Waals surface area contributed by atoms with Crippen molar-refractivity contribution >= 4 is 29.8 Å². The zero-order chi connectivity index (χ0) is 45.3. The summed E-state index contributed by atoms with van der Waals surface area (Å²) in [5.41, 5.74) is 0. The van der Waals surface area contributed by atoms with Crippen molar-refractivity contribution in [1.29, 1.82) is 0 Å². The highest BCUT2D eigenvalue weighted by Gasteiger charge is 2.24. The van der Waals surface area contributed by atoms with Gasteiger partial charge in [0, 0.05) is 50.6 Å². The molecule has 0 aromatic heterocycles. The molecule has 0 radical (unpaired) electrons. The number of carbonyl (C=O) groups is 5. The second kappa shape index (κ2) is 41.0. The molecule has 0 amide bonds. The molecule has 1 aliphatic rings. The molecule has 0 heterocycles. The fourth-order valence-corrected chi connectivity index (χ4v) is 7.58. The van der Waals surface area contributed by atoms with Crippen LogP contribution in [0.1, 0.15) is 220 Å². The Hall–Kier alpha value is -2.73. The van der Waals surface area contributed by atoms with E-state index in [0.717, 1.165) is 103 Å². The van der Waals surface area contributed by atoms with E-state index in [-0.39, 0.29) is 82.3 Å². The van der Waals surface area contributed by atoms with Crippen LogP contribution in [0, 0.1) is 11.8 Å². The molecular formula is C50H91NO11. The van der Waals surface area contributed by atoms with E-state index in [1.165, 1.54) is 51.4 Å². The predicted molar refractivity (Wildman–Crippen MR) is 244 cm³/mol. The minimum Gasteiger partial charge on any atom is -0.465 e. The Bertz CT molecular complexity index is 1100. The van der Waals surface area contributed by atoms with Crippen molar-refractivity contribution in [2.75, 3.05) is 52.7 Å². The minimum atomic E-state index is -0.504. The van der Waals surface area contributed by atoms with E-state index in [2.05, 4.69) is 25.7 Å². The van der Waals surface area contributed by atoms with Crippen LogP contribution < -0.4 is 0 Å². The van der Waals surface area contributed by atoms with Gasteiger partial charge in [-0.05, 0) is 64.3 Å². The van der Waals surface area contributed by atoms with Crippen molar-refractivity contribution in [1.82, 2.24) is 4.90 Å². The maximum absolute atomic E-state index is 12.9. The Morgan fingerprint density at radius 3 is 1.10 bits per heavy atom. The molecule has 0 aliphatic heterocycles. The molecule has 12 heteroatoms. The first kappa shape index (κ1) is 57.3. The SMILES string of the molecule is CCCCCCCCCCC(=O)OCC(COC(=O)CCCCCN(CCO)C1CCC1)COC(=O)CCCC(COC(=O)CCCCCCC)COC(=O)CCCCCCC. The number of unbranched alkanes of at least 4 members (excludes halogenated alkanes) is 17. The summed E-state index contributed by atoms with van der Waals surface area (Å²) in [6, 6.07) is 0.571. The molecule has 0 aromatic carbocycles. The number of carbonyl (C=O) groups excluding carboxylic acids is 5. The molecule has 1 rings (SSSR count). The van der Waals surface area contributed by atoms with Crippen molar-refractivity contribution in [3.8, 4) is 0 Å². The lowest BCUT2D eigenvalue weighted by molar-refractivity contribution is -0.155. The second-order valence-corrected chi connectivity index (χ2v) is 17.7. The second-order valence-electron chi connectivity index (χ2n) is 17.7. The van der Waals surface area contributed by atoms with Gasteiger partial charge in [-0.2, -0.15) is 0 Å². The Labute approximate surface area is 377 Å². The first-order valence-corrected chi connectivity index (χ1v) is 25.3. The largest absolute Gasteiger partial charge is 0.465 e. The Kier molecular flexibility index (Phi) is 37.9. The molecule has 0 aromatic rings. The van der Waals surface area contributed by atoms with Crippen LogP contribution in [0.25, 0.3) is 0 Å². The lowest BCUT2D eigenvalue weighted by Crippen LogP contribution is -2.42. The molecule has 1 N–H and O–H groups in total. The van der Waals surface area contributed by atoms with E-state index in [1.807, 2.05) is 0 Å². The molecule has 1 unspecified atom stereocenters. The molecule has 1 atom stereocenters. The van der Waals surface area contributed by atoms with Crippen LogP contribution in [-0.4, -0.2) is 98.6 Å². The molecule has 1 fully saturated rings. The van der Waals surface area contributed by atoms with Gasteiger partial charge in [0.1, 0.15) is 19.8 Å². The van der Waals surface area contributed by atoms with E-state index in [0.29, 0.717) is 51.1 Å². The predicted octanol–water partition coefficient (Wildman–Crippen LogP) is 10.8. The lowest BCUT2D eigenvalue weighted by atomic mass is 9.91. The maximum atomic E-state index is 12.9. The van der Waals surface area contributed by atoms with Gasteiger partial charge in [-0.3, -0.25) is 28.9 Å². The smallest absolute Gasteiger partial charge is 0.305 e. The van der Waals surface area contributed by atoms with Crippen LogP contribution in [0.4, 0.5) is 0 Å². The summed E-state index contributed by atoms with van der Waals surface area (Å²) in [6.07, 6.45) is 27.8. The van der Waals surface area contributed by atoms with E-state index >= 15 is 0 Å². The average molecular weight is 882 g/mol. The van der Waals surface area contributed by atoms with Crippen LogP contribution in [0.5, 0.6) is 0 Å². The standard InChI is InChI=1S/C50H91NO11/c1-4-7-10-13-14-15-18-22-32-48(55)60-40-44(41-61-49(56)33-23-19-24-35-51(36-37-52)45-28-26-29-45)42-62-50(57)34-25-27-43(38-58-46(53)30-20-16-11-8-5-2)39-59-47(54)31-21-17-12-9-6-3/h43-45,52H,4-42H2,1-3H3. The van der Waals surface area contributed by atoms with Gasteiger partial charge in [0.15, 0.2) is 0 Å². The lowest BCUT2D eigenvalue weighted by Gasteiger charge is -2.37. The van der Waals surface area contributed by atoms with E-state index in [4.69, 9.17) is 23.7 Å². The highest BCUT2D eigenvalue weighted by Crippen LogP contribution is 2.25. The third-order valence-electron chi connectivity index (χ3n) is 11.9. The number of hydrogen-bond acceptors (Lipinski definition) is 12. The molecule has 0 saturated heterocycles. The molecule has 362 valence electrons. The van der Waals surface area contributed by atoms with Crippen LogP contribution in [0.15, 0.2) is 0 Å². The summed E-state index contributed by atoms with van der Waals surface area (Å²) >= 11 is 0. The summed E-state index contributed by atoms with van der Waals surface area (Å²) in [5, 5.41) is 9.42. The summed E-state index contributed by atoms with van der Waals surface area (Å²) in [5.74, 6) is -2.35. The van der Waals surface area contributed by atoms with Gasteiger partial charge in [0.2, 0.25) is 0 Å². The van der Waals surface area contributed by atoms with Crippen LogP contribution in [0.2, 0.25) is 0 Å². The third-order valence-corrected chi connectivity index (χ3v) is 11.9. The summed E-state index contributed by atoms with van der Waals surface area (Å²) in [7, 11) is 0. The normalized spacial score (nSPS) is 13.2. The van der Waals surface area contributed by atoms with Gasteiger partial charge in [-0.25, -0.2) is 0 Å². The molecular weight excluding hydrogens is 791 g/mol. The number of aliphatic hydroxyl groups excluding tert-OH is 1. The van der Waals surface area contributed by atoms with E-state index < -0.39 is 11.9 Å². The Balaban J connectivity index is 2.63. The van der Waals surface area contributed by atoms with Gasteiger partial charge >= 0.3 is 29.8 Å². The fourth-order valence-electron chi connectivity index (χ4n) is 7.58. The van der Waals surface area contributed by atoms with Crippen molar-refractivity contribution in [2.24, 2.45) is 11.8 Å². The molecule has 62 heavy (non-hydrogen) atoms. The van der Waals surface area contributed by atoms with Crippen LogP contribution >= 0.6 is 0 Å². The first-order valence-electron chi connectivity index (χ1n) is 25.3. The highest BCUT2D eigenvalue weighted by molar-refractivity contribution is 5.71. The zero-order valence-electron chi connectivity index (χ0n) is 39.8. The number of hydrogen-bond donors (Lipinski definition) is 1. The van der Waals surface area contributed by atoms with Gasteiger partial charge in [0.05, 0.1) is 25.7 Å². The fraction of sp³-hybridized carbons (Fsp3) is 0.900. The van der Waals surface area contributed by atoms with Crippen molar-refractivity contribution in [2.45, 2.75) is 226 Å². The van der Waals surface area contributed by atoms with Crippen LogP contribution in [-0.2, 0) is 47.7 Å². The first-order chi connectivity index (χ1) is 30.2. The van der Waals surface area contributed by atoms with Crippen molar-refractivity contribution < 1.29 is 52.8 Å². The molecule has 12 nitrogen and oxygen atoms in total. The Morgan fingerprint density at radius 2 is 0.758 bits per heavy atom. The number of ether oxygens (including phenoxy) is 5. The quantitative estimate of drug-likeness (QED) is 0.0352. The summed E-state index contributed by atoms with van der Waals surface area (Å²) < 4.78 is 28.0. The monoisotopic (exact) mass is 882 g/mol. The molecule has 0 spiro atoms. The van der Waals surface area contributed by atoms with E-state index in [1.54, 1.807) is 0 Å². The average Bonchev–Trinajstić information content (AvgIpc) is 3.24. The number of rotatable bonds is 44. The van der Waals surface area contributed by atoms with Crippen molar-refractivity contribution in [3.63, 3.8) is 0 Å². The summed E-state index contributed by atoms with van der Waals surface area (Å²) in [4.78, 5) is 65.5. The number of aliphatic hydroxyl groups is 1. The zero-order valence-corrected chi connectivity index (χ0v) is 39.8. The van der Waals surface area contributed by atoms with Gasteiger partial charge in [-0.1, -0.05) is 130 Å². The van der Waals surface area contributed by atoms with Gasteiger partial charge < -0.3 is 28.8 Å². The molecule has 1 saturated carbocycles. The number of esters is 5.